The lowest BCUT2D eigenvalue weighted by atomic mass is 10.1. The highest BCUT2D eigenvalue weighted by atomic mass is 32.1. The van der Waals surface area contributed by atoms with Crippen molar-refractivity contribution in [3.05, 3.63) is 58.9 Å². The van der Waals surface area contributed by atoms with Crippen LogP contribution in [0.1, 0.15) is 28.8 Å². The van der Waals surface area contributed by atoms with Crippen LogP contribution in [0.15, 0.2) is 46.2 Å². The third-order valence-corrected chi connectivity index (χ3v) is 3.92. The van der Waals surface area contributed by atoms with Gasteiger partial charge in [-0.3, -0.25) is 4.79 Å². The minimum Gasteiger partial charge on any atom is -0.458 e. The number of rotatable bonds is 3. The van der Waals surface area contributed by atoms with Gasteiger partial charge in [0.1, 0.15) is 5.76 Å². The maximum Gasteiger partial charge on any atom is 0.229 e. The van der Waals surface area contributed by atoms with Gasteiger partial charge in [0.15, 0.2) is 5.76 Å². The largest absolute Gasteiger partial charge is 0.458 e. The second-order valence-corrected chi connectivity index (χ2v) is 5.01. The predicted molar refractivity (Wildman–Crippen MR) is 73.3 cm³/mol. The Labute approximate surface area is 109 Å². The number of thiophene rings is 1. The van der Waals surface area contributed by atoms with E-state index in [2.05, 4.69) is 0 Å². The maximum absolute atomic E-state index is 12.4. The molecule has 1 aromatic carbocycles. The van der Waals surface area contributed by atoms with Gasteiger partial charge in [0.2, 0.25) is 5.78 Å². The Balaban J connectivity index is 2.06. The molecule has 0 unspecified atom stereocenters. The Bertz CT molecular complexity index is 706. The lowest BCUT2D eigenvalue weighted by Crippen LogP contribution is -1.97. The number of hydrogen-bond donors (Lipinski definition) is 0. The van der Waals surface area contributed by atoms with Gasteiger partial charge in [0, 0.05) is 27.5 Å². The van der Waals surface area contributed by atoms with E-state index in [0.717, 1.165) is 27.8 Å². The normalized spacial score (nSPS) is 10.9. The minimum absolute atomic E-state index is 0.0350. The fourth-order valence-corrected chi connectivity index (χ4v) is 2.92. The van der Waals surface area contributed by atoms with Crippen LogP contribution in [0.2, 0.25) is 0 Å². The quantitative estimate of drug-likeness (QED) is 0.654. The van der Waals surface area contributed by atoms with E-state index < -0.39 is 0 Å². The smallest absolute Gasteiger partial charge is 0.229 e. The van der Waals surface area contributed by atoms with Crippen molar-refractivity contribution in [3.63, 3.8) is 0 Å². The van der Waals surface area contributed by atoms with Gasteiger partial charge in [-0.25, -0.2) is 0 Å². The minimum atomic E-state index is -0.0350. The molecule has 90 valence electrons. The molecule has 0 amide bonds. The molecule has 3 rings (SSSR count). The van der Waals surface area contributed by atoms with E-state index in [-0.39, 0.29) is 5.78 Å². The van der Waals surface area contributed by atoms with Crippen LogP contribution >= 0.6 is 11.3 Å². The summed E-state index contributed by atoms with van der Waals surface area (Å²) in [4.78, 5) is 12.4. The van der Waals surface area contributed by atoms with E-state index >= 15 is 0 Å². The van der Waals surface area contributed by atoms with E-state index in [0.29, 0.717) is 5.76 Å². The van der Waals surface area contributed by atoms with E-state index in [9.17, 15) is 4.79 Å². The van der Waals surface area contributed by atoms with Crippen LogP contribution in [-0.2, 0) is 6.42 Å². The number of furan rings is 1. The van der Waals surface area contributed by atoms with Gasteiger partial charge in [-0.05, 0) is 18.2 Å². The number of fused-ring (bicyclic) bond motifs is 1. The summed E-state index contributed by atoms with van der Waals surface area (Å²) in [6.07, 6.45) is 0.803. The molecule has 3 heteroatoms. The van der Waals surface area contributed by atoms with Crippen molar-refractivity contribution in [2.75, 3.05) is 0 Å². The van der Waals surface area contributed by atoms with E-state index in [1.54, 1.807) is 17.4 Å². The van der Waals surface area contributed by atoms with Crippen LogP contribution in [0.25, 0.3) is 10.1 Å². The summed E-state index contributed by atoms with van der Waals surface area (Å²) in [6, 6.07) is 11.6. The molecule has 18 heavy (non-hydrogen) atoms. The molecule has 2 heterocycles. The molecular weight excluding hydrogens is 244 g/mol. The number of ketones is 1. The Morgan fingerprint density at radius 3 is 2.83 bits per heavy atom. The van der Waals surface area contributed by atoms with E-state index in [4.69, 9.17) is 4.42 Å². The Kier molecular flexibility index (Phi) is 2.76. The molecule has 0 saturated carbocycles. The highest BCUT2D eigenvalue weighted by Crippen LogP contribution is 2.28. The Hall–Kier alpha value is -1.87. The Morgan fingerprint density at radius 1 is 1.22 bits per heavy atom. The molecule has 2 nitrogen and oxygen atoms in total. The zero-order chi connectivity index (χ0) is 12.5. The lowest BCUT2D eigenvalue weighted by Gasteiger charge is -1.96. The number of aryl methyl sites for hydroxylation is 1. The molecule has 0 spiro atoms. The van der Waals surface area contributed by atoms with Crippen LogP contribution < -0.4 is 0 Å². The van der Waals surface area contributed by atoms with Gasteiger partial charge >= 0.3 is 0 Å². The number of carbonyl (C=O) groups excluding carboxylic acids is 1. The fraction of sp³-hybridized carbons (Fsp3) is 0.133. The third kappa shape index (κ3) is 1.77. The standard InChI is InChI=1S/C15H12O2S/c1-2-10-7-8-13(17-10)15(16)12-9-18-14-6-4-3-5-11(12)14/h3-9H,2H2,1H3. The van der Waals surface area contributed by atoms with Gasteiger partial charge in [0.05, 0.1) is 0 Å². The van der Waals surface area contributed by atoms with Crippen LogP contribution in [0.3, 0.4) is 0 Å². The predicted octanol–water partition coefficient (Wildman–Crippen LogP) is 4.29. The van der Waals surface area contributed by atoms with Crippen molar-refractivity contribution in [2.24, 2.45) is 0 Å². The van der Waals surface area contributed by atoms with Crippen molar-refractivity contribution < 1.29 is 9.21 Å². The second kappa shape index (κ2) is 4.42. The van der Waals surface area contributed by atoms with Gasteiger partial charge in [-0.2, -0.15) is 0 Å². The number of benzene rings is 1. The summed E-state index contributed by atoms with van der Waals surface area (Å²) in [6.45, 7) is 2.01. The molecule has 0 radical (unpaired) electrons. The molecule has 0 aliphatic heterocycles. The van der Waals surface area contributed by atoms with Gasteiger partial charge < -0.3 is 4.42 Å². The molecule has 0 aliphatic rings. The molecule has 0 saturated heterocycles. The number of hydrogen-bond acceptors (Lipinski definition) is 3. The molecule has 2 aromatic heterocycles. The monoisotopic (exact) mass is 256 g/mol. The molecule has 0 fully saturated rings. The first-order valence-corrected chi connectivity index (χ1v) is 6.77. The summed E-state index contributed by atoms with van der Waals surface area (Å²) >= 11 is 1.59. The zero-order valence-electron chi connectivity index (χ0n) is 9.97. The van der Waals surface area contributed by atoms with Gasteiger partial charge in [0.25, 0.3) is 0 Å². The second-order valence-electron chi connectivity index (χ2n) is 4.09. The highest BCUT2D eigenvalue weighted by molar-refractivity contribution is 7.17. The first kappa shape index (κ1) is 11.2. The van der Waals surface area contributed by atoms with E-state index in [1.165, 1.54) is 0 Å². The molecule has 0 aliphatic carbocycles. The van der Waals surface area contributed by atoms with Gasteiger partial charge in [-0.15, -0.1) is 11.3 Å². The van der Waals surface area contributed by atoms with Crippen LogP contribution in [0, 0.1) is 0 Å². The Morgan fingerprint density at radius 2 is 2.06 bits per heavy atom. The fourth-order valence-electron chi connectivity index (χ4n) is 1.98. The summed E-state index contributed by atoms with van der Waals surface area (Å²) < 4.78 is 6.65. The summed E-state index contributed by atoms with van der Waals surface area (Å²) in [5.41, 5.74) is 0.729. The van der Waals surface area contributed by atoms with Crippen molar-refractivity contribution in [1.82, 2.24) is 0 Å². The van der Waals surface area contributed by atoms with Crippen molar-refractivity contribution >= 4 is 27.2 Å². The zero-order valence-corrected chi connectivity index (χ0v) is 10.8. The average Bonchev–Trinajstić information content (AvgIpc) is 3.04. The van der Waals surface area contributed by atoms with Gasteiger partial charge in [-0.1, -0.05) is 25.1 Å². The SMILES string of the molecule is CCc1ccc(C(=O)c2csc3ccccc23)o1. The van der Waals surface area contributed by atoms with Crippen LogP contribution in [-0.4, -0.2) is 5.78 Å². The van der Waals surface area contributed by atoms with Crippen molar-refractivity contribution in [2.45, 2.75) is 13.3 Å². The molecule has 0 N–H and O–H groups in total. The molecular formula is C15H12O2S. The molecule has 0 atom stereocenters. The maximum atomic E-state index is 12.4. The van der Waals surface area contributed by atoms with Crippen molar-refractivity contribution in [1.29, 1.82) is 0 Å². The molecule has 3 aromatic rings. The lowest BCUT2D eigenvalue weighted by molar-refractivity contribution is 0.101. The summed E-state index contributed by atoms with van der Waals surface area (Å²) in [5, 5.41) is 2.91. The third-order valence-electron chi connectivity index (χ3n) is 2.96. The highest BCUT2D eigenvalue weighted by Gasteiger charge is 2.17. The first-order valence-electron chi connectivity index (χ1n) is 5.89. The van der Waals surface area contributed by atoms with Crippen LogP contribution in [0.4, 0.5) is 0 Å². The summed E-state index contributed by atoms with van der Waals surface area (Å²) in [7, 11) is 0. The average molecular weight is 256 g/mol. The first-order chi connectivity index (χ1) is 8.79. The summed E-state index contributed by atoms with van der Waals surface area (Å²) in [5.74, 6) is 1.24. The topological polar surface area (TPSA) is 30.2 Å². The van der Waals surface area contributed by atoms with Crippen molar-refractivity contribution in [3.8, 4) is 0 Å². The van der Waals surface area contributed by atoms with E-state index in [1.807, 2.05) is 42.6 Å². The van der Waals surface area contributed by atoms with Crippen LogP contribution in [0.5, 0.6) is 0 Å². The number of carbonyl (C=O) groups is 1. The molecule has 0 bridgehead atoms.